The number of piperidine rings is 2. The summed E-state index contributed by atoms with van der Waals surface area (Å²) in [6.07, 6.45) is 4.22. The molecular weight excluding hydrogens is 206 g/mol. The number of hydrogen-bond donors (Lipinski definition) is 0. The molecule has 2 heterocycles. The largest absolute Gasteiger partial charge is 0.323 e. The van der Waals surface area contributed by atoms with E-state index in [1.165, 1.54) is 49.9 Å². The summed E-state index contributed by atoms with van der Waals surface area (Å²) in [7, 11) is 0. The predicted molar refractivity (Wildman–Crippen MR) is 74.9 cm³/mol. The van der Waals surface area contributed by atoms with Crippen LogP contribution >= 0.6 is 0 Å². The topological polar surface area (TPSA) is 0 Å². The Morgan fingerprint density at radius 2 is 1.06 bits per heavy atom. The monoisotopic (exact) mass is 238 g/mol. The molecule has 2 rings (SSSR count). The lowest BCUT2D eigenvalue weighted by atomic mass is 9.68. The van der Waals surface area contributed by atoms with Crippen molar-refractivity contribution in [1.82, 2.24) is 0 Å². The molecule has 0 atom stereocenters. The summed E-state index contributed by atoms with van der Waals surface area (Å²) in [5.74, 6) is 0. The van der Waals surface area contributed by atoms with Crippen LogP contribution in [0.2, 0.25) is 0 Å². The van der Waals surface area contributed by atoms with Crippen molar-refractivity contribution < 1.29 is 4.48 Å². The van der Waals surface area contributed by atoms with Crippen LogP contribution in [0.25, 0.3) is 0 Å². The SMILES string of the molecule is CC1(C)CC[N+]2(CC1)CC(C)(C)CC(C)(C)C2. The maximum absolute atomic E-state index is 2.48. The highest BCUT2D eigenvalue weighted by atomic mass is 15.4. The van der Waals surface area contributed by atoms with E-state index in [9.17, 15) is 0 Å². The number of nitrogens with zero attached hydrogens (tertiary/aromatic N) is 1. The maximum Gasteiger partial charge on any atom is 0.0838 e. The first-order valence-electron chi connectivity index (χ1n) is 7.39. The molecule has 17 heavy (non-hydrogen) atoms. The molecule has 2 aliphatic rings. The summed E-state index contributed by atoms with van der Waals surface area (Å²) in [5, 5.41) is 0. The Morgan fingerprint density at radius 1 is 0.647 bits per heavy atom. The van der Waals surface area contributed by atoms with Gasteiger partial charge in [-0.05, 0) is 11.8 Å². The van der Waals surface area contributed by atoms with Gasteiger partial charge in [0.05, 0.1) is 26.2 Å². The van der Waals surface area contributed by atoms with Crippen LogP contribution in [0.5, 0.6) is 0 Å². The van der Waals surface area contributed by atoms with Gasteiger partial charge in [-0.15, -0.1) is 0 Å². The summed E-state index contributed by atoms with van der Waals surface area (Å²) >= 11 is 0. The third-order valence-corrected chi connectivity index (χ3v) is 5.01. The number of quaternary nitrogens is 1. The normalized spacial score (nSPS) is 33.5. The van der Waals surface area contributed by atoms with Gasteiger partial charge in [-0.25, -0.2) is 0 Å². The lowest BCUT2D eigenvalue weighted by Crippen LogP contribution is -2.64. The van der Waals surface area contributed by atoms with E-state index in [-0.39, 0.29) is 0 Å². The first-order valence-corrected chi connectivity index (χ1v) is 7.39. The highest BCUT2D eigenvalue weighted by molar-refractivity contribution is 4.86. The van der Waals surface area contributed by atoms with Crippen molar-refractivity contribution in [2.24, 2.45) is 16.2 Å². The predicted octanol–water partition coefficient (Wildman–Crippen LogP) is 4.08. The summed E-state index contributed by atoms with van der Waals surface area (Å²) in [6, 6.07) is 0. The van der Waals surface area contributed by atoms with Crippen LogP contribution in [0.15, 0.2) is 0 Å². The second-order valence-electron chi connectivity index (χ2n) is 9.27. The fourth-order valence-corrected chi connectivity index (χ4v) is 4.91. The van der Waals surface area contributed by atoms with Crippen LogP contribution in [-0.2, 0) is 0 Å². The lowest BCUT2D eigenvalue weighted by molar-refractivity contribution is -0.951. The van der Waals surface area contributed by atoms with Gasteiger partial charge in [-0.1, -0.05) is 41.5 Å². The Labute approximate surface area is 108 Å². The van der Waals surface area contributed by atoms with Crippen LogP contribution in [0, 0.1) is 16.2 Å². The molecule has 0 aromatic rings. The van der Waals surface area contributed by atoms with Crippen molar-refractivity contribution in [1.29, 1.82) is 0 Å². The minimum atomic E-state index is 0.531. The molecule has 2 aliphatic heterocycles. The molecule has 0 amide bonds. The second-order valence-corrected chi connectivity index (χ2v) is 9.27. The summed E-state index contributed by atoms with van der Waals surface area (Å²) in [5.41, 5.74) is 1.65. The van der Waals surface area contributed by atoms with Crippen molar-refractivity contribution in [2.75, 3.05) is 26.2 Å². The second kappa shape index (κ2) is 3.73. The molecule has 0 aromatic carbocycles. The van der Waals surface area contributed by atoms with Crippen LogP contribution in [0.4, 0.5) is 0 Å². The maximum atomic E-state index is 2.48. The zero-order valence-electron chi connectivity index (χ0n) is 12.9. The molecule has 0 aliphatic carbocycles. The molecule has 100 valence electrons. The van der Waals surface area contributed by atoms with Crippen molar-refractivity contribution in [2.45, 2.75) is 60.8 Å². The molecule has 0 saturated carbocycles. The van der Waals surface area contributed by atoms with Gasteiger partial charge in [0.1, 0.15) is 0 Å². The van der Waals surface area contributed by atoms with Crippen molar-refractivity contribution >= 4 is 0 Å². The van der Waals surface area contributed by atoms with Gasteiger partial charge >= 0.3 is 0 Å². The van der Waals surface area contributed by atoms with Gasteiger partial charge in [-0.3, -0.25) is 0 Å². The van der Waals surface area contributed by atoms with E-state index >= 15 is 0 Å². The molecular formula is C16H32N+. The molecule has 0 bridgehead atoms. The highest BCUT2D eigenvalue weighted by Crippen LogP contribution is 2.46. The van der Waals surface area contributed by atoms with E-state index < -0.39 is 0 Å². The third-order valence-electron chi connectivity index (χ3n) is 5.01. The van der Waals surface area contributed by atoms with Crippen LogP contribution < -0.4 is 0 Å². The molecule has 2 saturated heterocycles. The van der Waals surface area contributed by atoms with Gasteiger partial charge in [-0.2, -0.15) is 0 Å². The van der Waals surface area contributed by atoms with Crippen molar-refractivity contribution in [3.8, 4) is 0 Å². The number of hydrogen-bond acceptors (Lipinski definition) is 0. The molecule has 0 radical (unpaired) electrons. The van der Waals surface area contributed by atoms with E-state index in [0.717, 1.165) is 0 Å². The third kappa shape index (κ3) is 3.05. The lowest BCUT2D eigenvalue weighted by Gasteiger charge is -2.57. The standard InChI is InChI=1S/C16H32N/c1-14(2)7-9-17(10-8-14)12-15(3,4)11-16(5,6)13-17/h7-13H2,1-6H3/q+1. The first-order chi connectivity index (χ1) is 7.54. The number of rotatable bonds is 0. The van der Waals surface area contributed by atoms with E-state index in [0.29, 0.717) is 16.2 Å². The summed E-state index contributed by atoms with van der Waals surface area (Å²) in [6.45, 7) is 20.5. The Kier molecular flexibility index (Phi) is 2.94. The first kappa shape index (κ1) is 13.4. The molecule has 2 fully saturated rings. The Morgan fingerprint density at radius 3 is 1.47 bits per heavy atom. The molecule has 1 nitrogen and oxygen atoms in total. The van der Waals surface area contributed by atoms with Crippen LogP contribution in [0.1, 0.15) is 60.8 Å². The van der Waals surface area contributed by atoms with Gasteiger partial charge in [0.2, 0.25) is 0 Å². The quantitative estimate of drug-likeness (QED) is 0.558. The highest BCUT2D eigenvalue weighted by Gasteiger charge is 2.49. The fraction of sp³-hybridized carbons (Fsp3) is 1.00. The van der Waals surface area contributed by atoms with Gasteiger partial charge in [0, 0.05) is 23.7 Å². The van der Waals surface area contributed by atoms with Gasteiger partial charge < -0.3 is 4.48 Å². The zero-order chi connectivity index (χ0) is 12.9. The van der Waals surface area contributed by atoms with Crippen LogP contribution in [-0.4, -0.2) is 30.7 Å². The smallest absolute Gasteiger partial charge is 0.0838 e. The molecule has 0 aromatic heterocycles. The van der Waals surface area contributed by atoms with Crippen LogP contribution in [0.3, 0.4) is 0 Å². The molecule has 0 unspecified atom stereocenters. The minimum absolute atomic E-state index is 0.531. The van der Waals surface area contributed by atoms with E-state index in [1.54, 1.807) is 0 Å². The van der Waals surface area contributed by atoms with Crippen molar-refractivity contribution in [3.05, 3.63) is 0 Å². The average Bonchev–Trinajstić information content (AvgIpc) is 2.06. The minimum Gasteiger partial charge on any atom is -0.323 e. The molecule has 1 heteroatoms. The average molecular weight is 238 g/mol. The Balaban J connectivity index is 2.15. The summed E-state index contributed by atoms with van der Waals surface area (Å²) in [4.78, 5) is 0. The molecule has 1 spiro atoms. The van der Waals surface area contributed by atoms with Gasteiger partial charge in [0.15, 0.2) is 0 Å². The molecule has 0 N–H and O–H groups in total. The van der Waals surface area contributed by atoms with E-state index in [4.69, 9.17) is 0 Å². The zero-order valence-corrected chi connectivity index (χ0v) is 12.9. The van der Waals surface area contributed by atoms with Crippen molar-refractivity contribution in [3.63, 3.8) is 0 Å². The fourth-order valence-electron chi connectivity index (χ4n) is 4.91. The summed E-state index contributed by atoms with van der Waals surface area (Å²) < 4.78 is 1.41. The Bertz CT molecular complexity index is 271. The van der Waals surface area contributed by atoms with E-state index in [2.05, 4.69) is 41.5 Å². The van der Waals surface area contributed by atoms with Gasteiger partial charge in [0.25, 0.3) is 0 Å². The Hall–Kier alpha value is -0.0400. The van der Waals surface area contributed by atoms with E-state index in [1.807, 2.05) is 0 Å².